The second-order valence-corrected chi connectivity index (χ2v) is 9.24. The van der Waals surface area contributed by atoms with E-state index >= 15 is 0 Å². The first-order chi connectivity index (χ1) is 15.5. The first kappa shape index (κ1) is 21.1. The summed E-state index contributed by atoms with van der Waals surface area (Å²) in [6.07, 6.45) is 7.65. The number of hydrogen-bond acceptors (Lipinski definition) is 4. The maximum absolute atomic E-state index is 13.7. The Hall–Kier alpha value is -2.80. The molecule has 2 fully saturated rings. The van der Waals surface area contributed by atoms with E-state index in [4.69, 9.17) is 4.84 Å². The molecule has 0 radical (unpaired) electrons. The lowest BCUT2D eigenvalue weighted by molar-refractivity contribution is -0.183. The second-order valence-electron chi connectivity index (χ2n) is 9.24. The maximum Gasteiger partial charge on any atom is 0.249 e. The molecule has 0 bridgehead atoms. The Bertz CT molecular complexity index is 1140. The van der Waals surface area contributed by atoms with Gasteiger partial charge in [0.05, 0.1) is 12.6 Å². The van der Waals surface area contributed by atoms with Crippen LogP contribution in [0.15, 0.2) is 36.5 Å². The number of nitrogens with zero attached hydrogens (tertiary/aromatic N) is 4. The van der Waals surface area contributed by atoms with Gasteiger partial charge in [-0.2, -0.15) is 0 Å². The van der Waals surface area contributed by atoms with Gasteiger partial charge in [-0.3, -0.25) is 14.0 Å². The second kappa shape index (κ2) is 8.62. The molecule has 5 rings (SSSR count). The number of fused-ring (bicyclic) bond motifs is 1. The summed E-state index contributed by atoms with van der Waals surface area (Å²) in [6, 6.07) is 8.40. The van der Waals surface area contributed by atoms with Crippen LogP contribution in [0.1, 0.15) is 60.7 Å². The van der Waals surface area contributed by atoms with Crippen molar-refractivity contribution >= 4 is 11.6 Å². The van der Waals surface area contributed by atoms with Crippen LogP contribution in [0.5, 0.6) is 0 Å². The molecule has 2 aliphatic rings. The predicted molar refractivity (Wildman–Crippen MR) is 118 cm³/mol. The van der Waals surface area contributed by atoms with E-state index in [0.29, 0.717) is 18.9 Å². The Kier molecular flexibility index (Phi) is 5.67. The van der Waals surface area contributed by atoms with Crippen molar-refractivity contribution in [2.45, 2.75) is 58.4 Å². The molecular weight excluding hydrogens is 407 g/mol. The summed E-state index contributed by atoms with van der Waals surface area (Å²) in [6.45, 7) is 4.59. The summed E-state index contributed by atoms with van der Waals surface area (Å²) >= 11 is 0. The van der Waals surface area contributed by atoms with Gasteiger partial charge in [-0.25, -0.2) is 9.45 Å². The van der Waals surface area contributed by atoms with Gasteiger partial charge >= 0.3 is 0 Å². The molecule has 1 saturated carbocycles. The van der Waals surface area contributed by atoms with E-state index in [1.165, 1.54) is 28.3 Å². The average Bonchev–Trinajstić information content (AvgIpc) is 3.41. The smallest absolute Gasteiger partial charge is 0.249 e. The molecule has 2 aromatic heterocycles. The van der Waals surface area contributed by atoms with Crippen LogP contribution in [0.25, 0.3) is 5.65 Å². The number of pyridine rings is 1. The average molecular weight is 437 g/mol. The van der Waals surface area contributed by atoms with Gasteiger partial charge in [-0.15, -0.1) is 10.2 Å². The number of benzene rings is 1. The summed E-state index contributed by atoms with van der Waals surface area (Å²) in [4.78, 5) is 18.9. The van der Waals surface area contributed by atoms with Crippen molar-refractivity contribution in [3.8, 4) is 0 Å². The molecule has 1 amide bonds. The van der Waals surface area contributed by atoms with E-state index < -0.39 is 0 Å². The van der Waals surface area contributed by atoms with Crippen LogP contribution < -0.4 is 0 Å². The SMILES string of the molecule is Cc1cc2nnc(C)n2cc1C[C@H]1CC[C@H](C(=O)N2OCC[C@H]2c2cccc(F)c2)CC1. The predicted octanol–water partition coefficient (Wildman–Crippen LogP) is 4.74. The Labute approximate surface area is 187 Å². The van der Waals surface area contributed by atoms with Crippen LogP contribution in [0.2, 0.25) is 0 Å². The molecule has 0 spiro atoms. The van der Waals surface area contributed by atoms with Crippen LogP contribution in [0.3, 0.4) is 0 Å². The zero-order valence-corrected chi connectivity index (χ0v) is 18.6. The molecule has 0 unspecified atom stereocenters. The number of carbonyl (C=O) groups is 1. The summed E-state index contributed by atoms with van der Waals surface area (Å²) in [7, 11) is 0. The minimum Gasteiger partial charge on any atom is -0.286 e. The summed E-state index contributed by atoms with van der Waals surface area (Å²) in [5.74, 6) is 1.20. The quantitative estimate of drug-likeness (QED) is 0.593. The van der Waals surface area contributed by atoms with Crippen molar-refractivity contribution in [2.75, 3.05) is 6.61 Å². The zero-order chi connectivity index (χ0) is 22.2. The lowest BCUT2D eigenvalue weighted by Crippen LogP contribution is -2.36. The molecular formula is C25H29FN4O2. The van der Waals surface area contributed by atoms with Gasteiger partial charge in [0.1, 0.15) is 11.6 Å². The number of aromatic nitrogens is 3. The molecule has 1 saturated heterocycles. The highest BCUT2D eigenvalue weighted by molar-refractivity contribution is 5.78. The largest absolute Gasteiger partial charge is 0.286 e. The third-order valence-corrected chi connectivity index (χ3v) is 7.09. The van der Waals surface area contributed by atoms with E-state index in [-0.39, 0.29) is 23.7 Å². The molecule has 32 heavy (non-hydrogen) atoms. The molecule has 7 heteroatoms. The van der Waals surface area contributed by atoms with Gasteiger partial charge in [-0.05, 0) is 86.8 Å². The molecule has 0 N–H and O–H groups in total. The molecule has 1 aromatic carbocycles. The van der Waals surface area contributed by atoms with Crippen molar-refractivity contribution in [2.24, 2.45) is 11.8 Å². The number of halogens is 1. The highest BCUT2D eigenvalue weighted by Gasteiger charge is 2.37. The van der Waals surface area contributed by atoms with Crippen molar-refractivity contribution < 1.29 is 14.0 Å². The minimum absolute atomic E-state index is 0.0240. The number of carbonyl (C=O) groups excluding carboxylic acids is 1. The Morgan fingerprint density at radius 2 is 1.94 bits per heavy atom. The fourth-order valence-electron chi connectivity index (χ4n) is 5.21. The summed E-state index contributed by atoms with van der Waals surface area (Å²) in [5.41, 5.74) is 4.26. The zero-order valence-electron chi connectivity index (χ0n) is 18.6. The highest BCUT2D eigenvalue weighted by atomic mass is 19.1. The molecule has 168 valence electrons. The van der Waals surface area contributed by atoms with Crippen LogP contribution in [0.4, 0.5) is 4.39 Å². The number of rotatable bonds is 4. The summed E-state index contributed by atoms with van der Waals surface area (Å²) in [5, 5.41) is 9.89. The number of aryl methyl sites for hydroxylation is 2. The Morgan fingerprint density at radius 3 is 2.72 bits per heavy atom. The van der Waals surface area contributed by atoms with Crippen LogP contribution in [-0.2, 0) is 16.1 Å². The van der Waals surface area contributed by atoms with Crippen LogP contribution in [-0.4, -0.2) is 32.2 Å². The van der Waals surface area contributed by atoms with Crippen molar-refractivity contribution in [3.63, 3.8) is 0 Å². The van der Waals surface area contributed by atoms with Gasteiger partial charge in [0.2, 0.25) is 5.91 Å². The van der Waals surface area contributed by atoms with E-state index in [0.717, 1.165) is 49.1 Å². The Balaban J connectivity index is 1.22. The molecule has 6 nitrogen and oxygen atoms in total. The topological polar surface area (TPSA) is 59.7 Å². The first-order valence-electron chi connectivity index (χ1n) is 11.5. The van der Waals surface area contributed by atoms with E-state index in [9.17, 15) is 9.18 Å². The van der Waals surface area contributed by atoms with Crippen LogP contribution in [0, 0.1) is 31.5 Å². The van der Waals surface area contributed by atoms with Crippen molar-refractivity contribution in [3.05, 3.63) is 64.9 Å². The first-order valence-corrected chi connectivity index (χ1v) is 11.5. The molecule has 1 atom stereocenters. The standard InChI is InChI=1S/C25H29FN4O2/c1-16-12-24-28-27-17(2)29(24)15-21(16)13-18-6-8-19(9-7-18)25(31)30-23(10-11-32-30)20-4-3-5-22(26)14-20/h3-5,12,14-15,18-19,23H,6-11,13H2,1-2H3/t18-,19-,23-/m0/s1. The van der Waals surface area contributed by atoms with Crippen molar-refractivity contribution in [1.29, 1.82) is 0 Å². The monoisotopic (exact) mass is 436 g/mol. The van der Waals surface area contributed by atoms with Gasteiger partial charge in [0.15, 0.2) is 5.65 Å². The lowest BCUT2D eigenvalue weighted by atomic mass is 9.78. The molecule has 3 aromatic rings. The number of amides is 1. The third kappa shape index (κ3) is 4.01. The number of hydroxylamine groups is 2. The fraction of sp³-hybridized carbons (Fsp3) is 0.480. The van der Waals surface area contributed by atoms with E-state index in [1.807, 2.05) is 13.0 Å². The Morgan fingerprint density at radius 1 is 1.12 bits per heavy atom. The fourth-order valence-corrected chi connectivity index (χ4v) is 5.21. The van der Waals surface area contributed by atoms with Crippen LogP contribution >= 0.6 is 0 Å². The molecule has 1 aliphatic carbocycles. The maximum atomic E-state index is 13.7. The van der Waals surface area contributed by atoms with Gasteiger partial charge in [0, 0.05) is 18.5 Å². The third-order valence-electron chi connectivity index (χ3n) is 7.09. The molecule has 3 heterocycles. The van der Waals surface area contributed by atoms with Gasteiger partial charge < -0.3 is 0 Å². The normalized spacial score (nSPS) is 23.7. The lowest BCUT2D eigenvalue weighted by Gasteiger charge is -2.32. The summed E-state index contributed by atoms with van der Waals surface area (Å²) < 4.78 is 15.7. The van der Waals surface area contributed by atoms with E-state index in [1.54, 1.807) is 6.07 Å². The highest BCUT2D eigenvalue weighted by Crippen LogP contribution is 2.37. The molecule has 1 aliphatic heterocycles. The van der Waals surface area contributed by atoms with E-state index in [2.05, 4.69) is 33.8 Å². The van der Waals surface area contributed by atoms with Gasteiger partial charge in [-0.1, -0.05) is 12.1 Å². The van der Waals surface area contributed by atoms with Gasteiger partial charge in [0.25, 0.3) is 0 Å². The van der Waals surface area contributed by atoms with Crippen molar-refractivity contribution in [1.82, 2.24) is 19.7 Å². The minimum atomic E-state index is -0.280. The number of hydrogen-bond donors (Lipinski definition) is 0.